The van der Waals surface area contributed by atoms with E-state index in [9.17, 15) is 21.6 Å². The van der Waals surface area contributed by atoms with E-state index in [2.05, 4.69) is 4.98 Å². The van der Waals surface area contributed by atoms with E-state index in [1.165, 1.54) is 25.1 Å². The highest BCUT2D eigenvalue weighted by Crippen LogP contribution is 2.31. The maximum Gasteiger partial charge on any atom is 0.416 e. The van der Waals surface area contributed by atoms with Gasteiger partial charge in [0.25, 0.3) is 0 Å². The van der Waals surface area contributed by atoms with Crippen LogP contribution >= 0.6 is 0 Å². The molecule has 0 saturated carbocycles. The maximum atomic E-state index is 12.5. The summed E-state index contributed by atoms with van der Waals surface area (Å²) in [5.74, 6) is 0. The lowest BCUT2D eigenvalue weighted by molar-refractivity contribution is -0.137. The number of hydrogen-bond acceptors (Lipinski definition) is 3. The largest absolute Gasteiger partial charge is 0.416 e. The summed E-state index contributed by atoms with van der Waals surface area (Å²) in [5.41, 5.74) is 0.437. The first kappa shape index (κ1) is 15.5. The van der Waals surface area contributed by atoms with Crippen LogP contribution in [0.25, 0.3) is 11.3 Å². The first-order chi connectivity index (χ1) is 9.59. The molecule has 8 heteroatoms. The van der Waals surface area contributed by atoms with Crippen molar-refractivity contribution in [1.29, 1.82) is 0 Å². The molecule has 0 spiro atoms. The Morgan fingerprint density at radius 3 is 2.14 bits per heavy atom. The van der Waals surface area contributed by atoms with Gasteiger partial charge >= 0.3 is 6.18 Å². The predicted octanol–water partition coefficient (Wildman–Crippen LogP) is 2.72. The number of nitrogens with two attached hydrogens (primary N) is 1. The van der Waals surface area contributed by atoms with Gasteiger partial charge in [-0.1, -0.05) is 12.1 Å². The van der Waals surface area contributed by atoms with Gasteiger partial charge in [0.2, 0.25) is 10.0 Å². The van der Waals surface area contributed by atoms with E-state index in [0.29, 0.717) is 16.8 Å². The Kier molecular flexibility index (Phi) is 3.77. The van der Waals surface area contributed by atoms with Crippen LogP contribution in [0.4, 0.5) is 13.2 Å². The number of primary sulfonamides is 1. The lowest BCUT2D eigenvalue weighted by Crippen LogP contribution is -2.14. The van der Waals surface area contributed by atoms with Crippen LogP contribution in [0.1, 0.15) is 11.1 Å². The molecular weight excluding hydrogens is 305 g/mol. The Morgan fingerprint density at radius 2 is 1.71 bits per heavy atom. The quantitative estimate of drug-likeness (QED) is 0.926. The fourth-order valence-electron chi connectivity index (χ4n) is 1.83. The van der Waals surface area contributed by atoms with Gasteiger partial charge in [0.05, 0.1) is 11.3 Å². The van der Waals surface area contributed by atoms with Gasteiger partial charge in [0.15, 0.2) is 0 Å². The summed E-state index contributed by atoms with van der Waals surface area (Å²) >= 11 is 0. The summed E-state index contributed by atoms with van der Waals surface area (Å²) in [5, 5.41) is 5.02. The Labute approximate surface area is 119 Å². The molecule has 0 amide bonds. The maximum absolute atomic E-state index is 12.5. The summed E-state index contributed by atoms with van der Waals surface area (Å²) in [4.78, 5) is 3.81. The predicted molar refractivity (Wildman–Crippen MR) is 70.8 cm³/mol. The number of halogens is 3. The van der Waals surface area contributed by atoms with Crippen LogP contribution in [0.15, 0.2) is 41.4 Å². The minimum Gasteiger partial charge on any atom is -0.255 e. The third-order valence-corrected chi connectivity index (χ3v) is 3.92. The van der Waals surface area contributed by atoms with Crippen molar-refractivity contribution in [3.63, 3.8) is 0 Å². The molecule has 112 valence electrons. The second kappa shape index (κ2) is 5.12. The van der Waals surface area contributed by atoms with Gasteiger partial charge in [-0.3, -0.25) is 4.98 Å². The molecule has 4 nitrogen and oxygen atoms in total. The van der Waals surface area contributed by atoms with Crippen molar-refractivity contribution >= 4 is 10.0 Å². The van der Waals surface area contributed by atoms with E-state index in [-0.39, 0.29) is 4.90 Å². The van der Waals surface area contributed by atoms with Crippen molar-refractivity contribution in [3.8, 4) is 11.3 Å². The van der Waals surface area contributed by atoms with Crippen LogP contribution in [-0.2, 0) is 16.2 Å². The van der Waals surface area contributed by atoms with Gasteiger partial charge in [-0.05, 0) is 30.7 Å². The minimum atomic E-state index is -4.40. The number of rotatable bonds is 2. The van der Waals surface area contributed by atoms with Crippen molar-refractivity contribution < 1.29 is 21.6 Å². The molecule has 0 atom stereocenters. The molecule has 1 aromatic carbocycles. The normalized spacial score (nSPS) is 12.4. The first-order valence-electron chi connectivity index (χ1n) is 5.76. The standard InChI is InChI=1S/C13H11F3N2O2S/c1-8-6-11(18-7-12(8)21(17,19)20)9-2-4-10(5-3-9)13(14,15)16/h2-7H,1H3,(H2,17,19,20). The van der Waals surface area contributed by atoms with Gasteiger partial charge in [0.1, 0.15) is 4.90 Å². The number of aromatic nitrogens is 1. The minimum absolute atomic E-state index is 0.113. The van der Waals surface area contributed by atoms with Crippen LogP contribution in [-0.4, -0.2) is 13.4 Å². The number of alkyl halides is 3. The van der Waals surface area contributed by atoms with Crippen LogP contribution in [0.3, 0.4) is 0 Å². The zero-order valence-corrected chi connectivity index (χ0v) is 11.7. The average Bonchev–Trinajstić information content (AvgIpc) is 2.36. The third-order valence-electron chi connectivity index (χ3n) is 2.88. The summed E-state index contributed by atoms with van der Waals surface area (Å²) < 4.78 is 60.0. The summed E-state index contributed by atoms with van der Waals surface area (Å²) in [6.07, 6.45) is -3.31. The van der Waals surface area contributed by atoms with Crippen molar-refractivity contribution in [2.75, 3.05) is 0 Å². The molecule has 21 heavy (non-hydrogen) atoms. The molecule has 1 aromatic heterocycles. The molecule has 1 heterocycles. The van der Waals surface area contributed by atoms with Gasteiger partial charge in [-0.2, -0.15) is 13.2 Å². The van der Waals surface area contributed by atoms with Crippen LogP contribution in [0, 0.1) is 6.92 Å². The Hall–Kier alpha value is -1.93. The monoisotopic (exact) mass is 316 g/mol. The van der Waals surface area contributed by atoms with E-state index in [1.54, 1.807) is 0 Å². The molecule has 2 N–H and O–H groups in total. The number of sulfonamides is 1. The first-order valence-corrected chi connectivity index (χ1v) is 7.31. The molecule has 0 aliphatic rings. The molecule has 0 aliphatic heterocycles. The molecule has 0 aliphatic carbocycles. The smallest absolute Gasteiger partial charge is 0.255 e. The molecule has 0 saturated heterocycles. The number of pyridine rings is 1. The number of hydrogen-bond donors (Lipinski definition) is 1. The zero-order valence-electron chi connectivity index (χ0n) is 10.8. The van der Waals surface area contributed by atoms with Crippen LogP contribution in [0.5, 0.6) is 0 Å². The number of benzene rings is 1. The highest BCUT2D eigenvalue weighted by atomic mass is 32.2. The van der Waals surface area contributed by atoms with Gasteiger partial charge in [0, 0.05) is 11.8 Å². The number of nitrogens with zero attached hydrogens (tertiary/aromatic N) is 1. The lowest BCUT2D eigenvalue weighted by Gasteiger charge is -2.09. The Morgan fingerprint density at radius 1 is 1.14 bits per heavy atom. The third kappa shape index (κ3) is 3.40. The summed E-state index contributed by atoms with van der Waals surface area (Å²) in [6.45, 7) is 1.54. The topological polar surface area (TPSA) is 73.0 Å². The van der Waals surface area contributed by atoms with Crippen molar-refractivity contribution in [2.24, 2.45) is 5.14 Å². The van der Waals surface area contributed by atoms with Gasteiger partial charge in [-0.25, -0.2) is 13.6 Å². The average molecular weight is 316 g/mol. The number of aryl methyl sites for hydroxylation is 1. The van der Waals surface area contributed by atoms with Crippen molar-refractivity contribution in [3.05, 3.63) is 47.7 Å². The highest BCUT2D eigenvalue weighted by molar-refractivity contribution is 7.89. The molecule has 2 aromatic rings. The molecule has 2 rings (SSSR count). The van der Waals surface area contributed by atoms with Crippen LogP contribution in [0.2, 0.25) is 0 Å². The Balaban J connectivity index is 2.42. The van der Waals surface area contributed by atoms with E-state index >= 15 is 0 Å². The highest BCUT2D eigenvalue weighted by Gasteiger charge is 2.30. The molecular formula is C13H11F3N2O2S. The summed E-state index contributed by atoms with van der Waals surface area (Å²) in [6, 6.07) is 5.91. The molecule has 0 bridgehead atoms. The van der Waals surface area contributed by atoms with Gasteiger partial charge in [-0.15, -0.1) is 0 Å². The summed E-state index contributed by atoms with van der Waals surface area (Å²) in [7, 11) is -3.87. The molecule has 0 fully saturated rings. The Bertz CT molecular complexity index is 769. The fraction of sp³-hybridized carbons (Fsp3) is 0.154. The SMILES string of the molecule is Cc1cc(-c2ccc(C(F)(F)F)cc2)ncc1S(N)(=O)=O. The van der Waals surface area contributed by atoms with E-state index in [0.717, 1.165) is 18.3 Å². The van der Waals surface area contributed by atoms with E-state index in [1.807, 2.05) is 0 Å². The molecule has 0 radical (unpaired) electrons. The van der Waals surface area contributed by atoms with E-state index in [4.69, 9.17) is 5.14 Å². The zero-order chi connectivity index (χ0) is 15.8. The fourth-order valence-corrected chi connectivity index (χ4v) is 2.54. The second-order valence-corrected chi connectivity index (χ2v) is 5.99. The second-order valence-electron chi connectivity index (χ2n) is 4.46. The lowest BCUT2D eigenvalue weighted by atomic mass is 10.1. The van der Waals surface area contributed by atoms with E-state index < -0.39 is 21.8 Å². The van der Waals surface area contributed by atoms with Crippen molar-refractivity contribution in [1.82, 2.24) is 4.98 Å². The van der Waals surface area contributed by atoms with Gasteiger partial charge < -0.3 is 0 Å². The van der Waals surface area contributed by atoms with Crippen molar-refractivity contribution in [2.45, 2.75) is 18.0 Å². The molecule has 0 unspecified atom stereocenters. The van der Waals surface area contributed by atoms with Crippen LogP contribution < -0.4 is 5.14 Å².